The minimum Gasteiger partial charge on any atom is -0.392 e. The standard InChI is InChI=1S/C7H14O3/c1-6(4-5-8)7(9-2)10-3/h4,7-8H,5H2,1-3H3/b6-4+. The molecular weight excluding hydrogens is 132 g/mol. The maximum Gasteiger partial charge on any atom is 0.178 e. The van der Waals surface area contributed by atoms with Gasteiger partial charge in [0.15, 0.2) is 6.29 Å². The largest absolute Gasteiger partial charge is 0.392 e. The van der Waals surface area contributed by atoms with Gasteiger partial charge in [-0.3, -0.25) is 0 Å². The minimum absolute atomic E-state index is 0.0229. The van der Waals surface area contributed by atoms with E-state index in [4.69, 9.17) is 14.6 Å². The summed E-state index contributed by atoms with van der Waals surface area (Å²) in [5, 5.41) is 8.49. The van der Waals surface area contributed by atoms with Crippen LogP contribution in [0.2, 0.25) is 0 Å². The lowest BCUT2D eigenvalue weighted by Crippen LogP contribution is -2.14. The summed E-state index contributed by atoms with van der Waals surface area (Å²) >= 11 is 0. The second-order valence-electron chi connectivity index (χ2n) is 1.93. The van der Waals surface area contributed by atoms with Crippen molar-refractivity contribution in [2.24, 2.45) is 0 Å². The number of ether oxygens (including phenoxy) is 2. The van der Waals surface area contributed by atoms with Crippen LogP contribution >= 0.6 is 0 Å². The van der Waals surface area contributed by atoms with Crippen molar-refractivity contribution in [2.45, 2.75) is 13.2 Å². The van der Waals surface area contributed by atoms with Gasteiger partial charge in [0.2, 0.25) is 0 Å². The van der Waals surface area contributed by atoms with Crippen molar-refractivity contribution in [3.8, 4) is 0 Å². The van der Waals surface area contributed by atoms with Crippen molar-refractivity contribution >= 4 is 0 Å². The van der Waals surface area contributed by atoms with E-state index < -0.39 is 0 Å². The van der Waals surface area contributed by atoms with E-state index >= 15 is 0 Å². The molecule has 0 fully saturated rings. The first kappa shape index (κ1) is 9.62. The third kappa shape index (κ3) is 2.96. The first-order valence-electron chi connectivity index (χ1n) is 3.09. The van der Waals surface area contributed by atoms with Crippen LogP contribution < -0.4 is 0 Å². The molecule has 0 aliphatic rings. The third-order valence-electron chi connectivity index (χ3n) is 1.21. The van der Waals surface area contributed by atoms with Gasteiger partial charge in [-0.15, -0.1) is 0 Å². The number of aliphatic hydroxyl groups excluding tert-OH is 1. The summed E-state index contributed by atoms with van der Waals surface area (Å²) in [6.07, 6.45) is 1.32. The molecule has 0 rings (SSSR count). The van der Waals surface area contributed by atoms with E-state index in [0.717, 1.165) is 5.57 Å². The Morgan fingerprint density at radius 1 is 1.50 bits per heavy atom. The molecule has 0 atom stereocenters. The van der Waals surface area contributed by atoms with Gasteiger partial charge in [-0.25, -0.2) is 0 Å². The quantitative estimate of drug-likeness (QED) is 0.465. The number of aliphatic hydroxyl groups is 1. The smallest absolute Gasteiger partial charge is 0.178 e. The molecule has 0 saturated heterocycles. The fourth-order valence-electron chi connectivity index (χ4n) is 0.708. The van der Waals surface area contributed by atoms with Crippen LogP contribution in [0, 0.1) is 0 Å². The zero-order chi connectivity index (χ0) is 7.98. The molecule has 0 amide bonds. The predicted molar refractivity (Wildman–Crippen MR) is 38.6 cm³/mol. The van der Waals surface area contributed by atoms with Crippen molar-refractivity contribution < 1.29 is 14.6 Å². The van der Waals surface area contributed by atoms with Crippen molar-refractivity contribution in [2.75, 3.05) is 20.8 Å². The average molecular weight is 146 g/mol. The van der Waals surface area contributed by atoms with Gasteiger partial charge >= 0.3 is 0 Å². The zero-order valence-corrected chi connectivity index (χ0v) is 6.63. The molecular formula is C7H14O3. The molecule has 0 aromatic rings. The molecule has 0 radical (unpaired) electrons. The molecule has 0 aliphatic carbocycles. The third-order valence-corrected chi connectivity index (χ3v) is 1.21. The van der Waals surface area contributed by atoms with E-state index in [9.17, 15) is 0 Å². The Labute approximate surface area is 61.3 Å². The van der Waals surface area contributed by atoms with Crippen LogP contribution in [0.1, 0.15) is 6.92 Å². The maximum atomic E-state index is 8.49. The molecule has 0 spiro atoms. The molecule has 0 heterocycles. The molecule has 0 aromatic carbocycles. The molecule has 60 valence electrons. The van der Waals surface area contributed by atoms with E-state index in [1.165, 1.54) is 0 Å². The topological polar surface area (TPSA) is 38.7 Å². The van der Waals surface area contributed by atoms with Gasteiger partial charge in [0.1, 0.15) is 0 Å². The summed E-state index contributed by atoms with van der Waals surface area (Å²) in [5.74, 6) is 0. The Morgan fingerprint density at radius 3 is 2.30 bits per heavy atom. The van der Waals surface area contributed by atoms with E-state index in [1.807, 2.05) is 6.92 Å². The van der Waals surface area contributed by atoms with Gasteiger partial charge in [0.25, 0.3) is 0 Å². The van der Waals surface area contributed by atoms with E-state index in [0.29, 0.717) is 0 Å². The Kier molecular flexibility index (Phi) is 5.20. The molecule has 0 unspecified atom stereocenters. The summed E-state index contributed by atoms with van der Waals surface area (Å²) in [6, 6.07) is 0. The van der Waals surface area contributed by atoms with Crippen LogP contribution in [-0.2, 0) is 9.47 Å². The Morgan fingerprint density at radius 2 is 2.00 bits per heavy atom. The van der Waals surface area contributed by atoms with Gasteiger partial charge < -0.3 is 14.6 Å². The number of hydrogen-bond donors (Lipinski definition) is 1. The Bertz CT molecular complexity index is 105. The van der Waals surface area contributed by atoms with Gasteiger partial charge in [-0.05, 0) is 12.5 Å². The highest BCUT2D eigenvalue weighted by molar-refractivity contribution is 5.01. The molecule has 0 saturated carbocycles. The van der Waals surface area contributed by atoms with Crippen molar-refractivity contribution in [3.05, 3.63) is 11.6 Å². The highest BCUT2D eigenvalue weighted by Crippen LogP contribution is 2.04. The maximum absolute atomic E-state index is 8.49. The second-order valence-corrected chi connectivity index (χ2v) is 1.93. The number of methoxy groups -OCH3 is 2. The van der Waals surface area contributed by atoms with Crippen LogP contribution in [0.3, 0.4) is 0 Å². The molecule has 3 heteroatoms. The van der Waals surface area contributed by atoms with Gasteiger partial charge in [0, 0.05) is 14.2 Å². The summed E-state index contributed by atoms with van der Waals surface area (Å²) in [5.41, 5.74) is 0.882. The van der Waals surface area contributed by atoms with Crippen LogP contribution in [-0.4, -0.2) is 32.2 Å². The molecule has 3 nitrogen and oxygen atoms in total. The van der Waals surface area contributed by atoms with Gasteiger partial charge in [-0.2, -0.15) is 0 Å². The van der Waals surface area contributed by atoms with E-state index in [2.05, 4.69) is 0 Å². The van der Waals surface area contributed by atoms with Gasteiger partial charge in [-0.1, -0.05) is 6.08 Å². The molecule has 0 aliphatic heterocycles. The van der Waals surface area contributed by atoms with Crippen molar-refractivity contribution in [1.29, 1.82) is 0 Å². The fourth-order valence-corrected chi connectivity index (χ4v) is 0.708. The van der Waals surface area contributed by atoms with Crippen molar-refractivity contribution in [1.82, 2.24) is 0 Å². The summed E-state index contributed by atoms with van der Waals surface area (Å²) in [4.78, 5) is 0. The van der Waals surface area contributed by atoms with Crippen molar-refractivity contribution in [3.63, 3.8) is 0 Å². The highest BCUT2D eigenvalue weighted by atomic mass is 16.7. The van der Waals surface area contributed by atoms with Crippen LogP contribution in [0.15, 0.2) is 11.6 Å². The average Bonchev–Trinajstić information content (AvgIpc) is 1.91. The molecule has 0 bridgehead atoms. The Hall–Kier alpha value is -0.380. The minimum atomic E-state index is -0.327. The summed E-state index contributed by atoms with van der Waals surface area (Å²) in [7, 11) is 3.12. The summed E-state index contributed by atoms with van der Waals surface area (Å²) in [6.45, 7) is 1.86. The van der Waals surface area contributed by atoms with Gasteiger partial charge in [0.05, 0.1) is 6.61 Å². The lowest BCUT2D eigenvalue weighted by molar-refractivity contribution is -0.0750. The van der Waals surface area contributed by atoms with E-state index in [1.54, 1.807) is 20.3 Å². The number of hydrogen-bond acceptors (Lipinski definition) is 3. The monoisotopic (exact) mass is 146 g/mol. The lowest BCUT2D eigenvalue weighted by atomic mass is 10.3. The second kappa shape index (κ2) is 5.41. The first-order chi connectivity index (χ1) is 4.76. The fraction of sp³-hybridized carbons (Fsp3) is 0.714. The normalized spacial score (nSPS) is 12.7. The van der Waals surface area contributed by atoms with Crippen LogP contribution in [0.5, 0.6) is 0 Å². The zero-order valence-electron chi connectivity index (χ0n) is 6.63. The van der Waals surface area contributed by atoms with Crippen LogP contribution in [0.25, 0.3) is 0 Å². The first-order valence-corrected chi connectivity index (χ1v) is 3.09. The lowest BCUT2D eigenvalue weighted by Gasteiger charge is -2.12. The SMILES string of the molecule is COC(OC)/C(C)=C/CO. The molecule has 10 heavy (non-hydrogen) atoms. The Balaban J connectivity index is 3.87. The molecule has 0 aromatic heterocycles. The van der Waals surface area contributed by atoms with E-state index in [-0.39, 0.29) is 12.9 Å². The predicted octanol–water partition coefficient (Wildman–Crippen LogP) is 0.544. The molecule has 1 N–H and O–H groups in total. The van der Waals surface area contributed by atoms with Crippen LogP contribution in [0.4, 0.5) is 0 Å². The highest BCUT2D eigenvalue weighted by Gasteiger charge is 2.05. The summed E-state index contributed by atoms with van der Waals surface area (Å²) < 4.78 is 9.82. The number of rotatable bonds is 4.